The number of benzene rings is 2. The molecule has 0 spiro atoms. The van der Waals surface area contributed by atoms with E-state index in [1.54, 1.807) is 24.3 Å². The summed E-state index contributed by atoms with van der Waals surface area (Å²) in [4.78, 5) is 33.9. The SMILES string of the molecule is O=C(O)CC(NC(=O)c1cc(O)cc2ccccc12)C(=O)O. The molecule has 22 heavy (non-hydrogen) atoms. The number of hydrogen-bond donors (Lipinski definition) is 4. The molecule has 0 radical (unpaired) electrons. The van der Waals surface area contributed by atoms with E-state index in [1.165, 1.54) is 12.1 Å². The summed E-state index contributed by atoms with van der Waals surface area (Å²) in [5.41, 5.74) is 0.0761. The van der Waals surface area contributed by atoms with Gasteiger partial charge in [0.1, 0.15) is 11.8 Å². The number of carbonyl (C=O) groups is 3. The van der Waals surface area contributed by atoms with Gasteiger partial charge in [0.25, 0.3) is 5.91 Å². The first kappa shape index (κ1) is 15.3. The van der Waals surface area contributed by atoms with Gasteiger partial charge in [-0.05, 0) is 22.9 Å². The number of carbonyl (C=O) groups excluding carboxylic acids is 1. The van der Waals surface area contributed by atoms with Gasteiger partial charge in [-0.15, -0.1) is 0 Å². The van der Waals surface area contributed by atoms with E-state index in [2.05, 4.69) is 5.32 Å². The number of hydrogen-bond acceptors (Lipinski definition) is 4. The van der Waals surface area contributed by atoms with Gasteiger partial charge in [-0.1, -0.05) is 24.3 Å². The zero-order valence-electron chi connectivity index (χ0n) is 11.3. The van der Waals surface area contributed by atoms with Gasteiger partial charge in [-0.3, -0.25) is 9.59 Å². The van der Waals surface area contributed by atoms with E-state index in [0.29, 0.717) is 10.8 Å². The number of carboxylic acids is 2. The number of nitrogens with one attached hydrogen (secondary N) is 1. The highest BCUT2D eigenvalue weighted by atomic mass is 16.4. The fraction of sp³-hybridized carbons (Fsp3) is 0.133. The summed E-state index contributed by atoms with van der Waals surface area (Å²) in [7, 11) is 0. The van der Waals surface area contributed by atoms with Gasteiger partial charge >= 0.3 is 11.9 Å². The average molecular weight is 303 g/mol. The molecule has 1 unspecified atom stereocenters. The second-order valence-corrected chi connectivity index (χ2v) is 4.68. The van der Waals surface area contributed by atoms with Gasteiger partial charge in [0, 0.05) is 0 Å². The first-order valence-corrected chi connectivity index (χ1v) is 6.35. The van der Waals surface area contributed by atoms with E-state index < -0.39 is 30.3 Å². The predicted molar refractivity (Wildman–Crippen MR) is 76.8 cm³/mol. The minimum absolute atomic E-state index is 0.0761. The maximum absolute atomic E-state index is 12.2. The molecule has 1 amide bonds. The van der Waals surface area contributed by atoms with E-state index in [0.717, 1.165) is 0 Å². The van der Waals surface area contributed by atoms with Crippen LogP contribution in [-0.2, 0) is 9.59 Å². The van der Waals surface area contributed by atoms with Crippen LogP contribution >= 0.6 is 0 Å². The summed E-state index contributed by atoms with van der Waals surface area (Å²) in [5.74, 6) is -3.69. The number of phenols is 1. The number of aromatic hydroxyl groups is 1. The largest absolute Gasteiger partial charge is 0.508 e. The molecule has 0 aliphatic rings. The molecule has 0 saturated heterocycles. The molecule has 2 rings (SSSR count). The molecule has 114 valence electrons. The summed E-state index contributed by atoms with van der Waals surface area (Å²) in [5, 5.41) is 30.6. The molecule has 0 heterocycles. The third kappa shape index (κ3) is 3.32. The second kappa shape index (κ2) is 6.13. The van der Waals surface area contributed by atoms with Crippen LogP contribution in [0.25, 0.3) is 10.8 Å². The van der Waals surface area contributed by atoms with Crippen LogP contribution in [0.15, 0.2) is 36.4 Å². The van der Waals surface area contributed by atoms with Crippen molar-refractivity contribution in [3.8, 4) is 5.75 Å². The molecule has 0 aromatic heterocycles. The van der Waals surface area contributed by atoms with Gasteiger partial charge in [-0.25, -0.2) is 4.79 Å². The normalized spacial score (nSPS) is 11.8. The zero-order chi connectivity index (χ0) is 16.3. The van der Waals surface area contributed by atoms with E-state index in [1.807, 2.05) is 0 Å². The third-order valence-corrected chi connectivity index (χ3v) is 3.07. The van der Waals surface area contributed by atoms with Crippen LogP contribution in [0.4, 0.5) is 0 Å². The average Bonchev–Trinajstić information content (AvgIpc) is 2.44. The summed E-state index contributed by atoms with van der Waals surface area (Å²) in [6.45, 7) is 0. The van der Waals surface area contributed by atoms with E-state index in [-0.39, 0.29) is 11.3 Å². The predicted octanol–water partition coefficient (Wildman–Crippen LogP) is 1.20. The lowest BCUT2D eigenvalue weighted by molar-refractivity contribution is -0.145. The van der Waals surface area contributed by atoms with Crippen molar-refractivity contribution >= 4 is 28.6 Å². The van der Waals surface area contributed by atoms with Gasteiger partial charge in [0.2, 0.25) is 0 Å². The number of aliphatic carboxylic acids is 2. The topological polar surface area (TPSA) is 124 Å². The van der Waals surface area contributed by atoms with Crippen molar-refractivity contribution in [2.75, 3.05) is 0 Å². The molecule has 2 aromatic rings. The molecule has 7 heteroatoms. The highest BCUT2D eigenvalue weighted by molar-refractivity contribution is 6.08. The molecular formula is C15H13NO6. The van der Waals surface area contributed by atoms with Crippen molar-refractivity contribution in [1.82, 2.24) is 5.32 Å². The van der Waals surface area contributed by atoms with Crippen LogP contribution in [0.5, 0.6) is 5.75 Å². The van der Waals surface area contributed by atoms with Crippen molar-refractivity contribution in [3.05, 3.63) is 42.0 Å². The molecule has 0 saturated carbocycles. The van der Waals surface area contributed by atoms with Crippen molar-refractivity contribution in [2.45, 2.75) is 12.5 Å². The van der Waals surface area contributed by atoms with Crippen molar-refractivity contribution in [3.63, 3.8) is 0 Å². The summed E-state index contributed by atoms with van der Waals surface area (Å²) < 4.78 is 0. The van der Waals surface area contributed by atoms with Crippen LogP contribution in [0.2, 0.25) is 0 Å². The Morgan fingerprint density at radius 1 is 1.09 bits per heavy atom. The Hall–Kier alpha value is -3.09. The lowest BCUT2D eigenvalue weighted by atomic mass is 10.0. The number of rotatable bonds is 5. The maximum Gasteiger partial charge on any atom is 0.326 e. The summed E-state index contributed by atoms with van der Waals surface area (Å²) >= 11 is 0. The molecular weight excluding hydrogens is 290 g/mol. The summed E-state index contributed by atoms with van der Waals surface area (Å²) in [6, 6.07) is 7.89. The Balaban J connectivity index is 2.36. The molecule has 4 N–H and O–H groups in total. The molecule has 0 fully saturated rings. The Morgan fingerprint density at radius 3 is 2.41 bits per heavy atom. The summed E-state index contributed by atoms with van der Waals surface area (Å²) in [6.07, 6.45) is -0.738. The van der Waals surface area contributed by atoms with Gasteiger partial charge in [0.05, 0.1) is 12.0 Å². The van der Waals surface area contributed by atoms with E-state index in [4.69, 9.17) is 10.2 Å². The van der Waals surface area contributed by atoms with Crippen LogP contribution in [-0.4, -0.2) is 39.2 Å². The van der Waals surface area contributed by atoms with Crippen LogP contribution in [0.3, 0.4) is 0 Å². The van der Waals surface area contributed by atoms with E-state index >= 15 is 0 Å². The molecule has 7 nitrogen and oxygen atoms in total. The molecule has 0 aliphatic carbocycles. The molecule has 0 bridgehead atoms. The first-order valence-electron chi connectivity index (χ1n) is 6.35. The number of fused-ring (bicyclic) bond motifs is 1. The smallest absolute Gasteiger partial charge is 0.326 e. The monoisotopic (exact) mass is 303 g/mol. The molecule has 2 aromatic carbocycles. The number of amides is 1. The quantitative estimate of drug-likeness (QED) is 0.658. The standard InChI is InChI=1S/C15H13NO6/c17-9-5-8-3-1-2-4-10(8)11(6-9)14(20)16-12(15(21)22)7-13(18)19/h1-6,12,17H,7H2,(H,16,20)(H,18,19)(H,21,22). The lowest BCUT2D eigenvalue weighted by Crippen LogP contribution is -2.42. The fourth-order valence-electron chi connectivity index (χ4n) is 2.09. The Bertz CT molecular complexity index is 755. The van der Waals surface area contributed by atoms with Crippen molar-refractivity contribution in [2.24, 2.45) is 0 Å². The van der Waals surface area contributed by atoms with Crippen molar-refractivity contribution < 1.29 is 29.7 Å². The Morgan fingerprint density at radius 2 is 1.77 bits per heavy atom. The number of carboxylic acid groups (broad SMARTS) is 2. The Kier molecular flexibility index (Phi) is 4.26. The second-order valence-electron chi connectivity index (χ2n) is 4.68. The van der Waals surface area contributed by atoms with Crippen LogP contribution < -0.4 is 5.32 Å². The van der Waals surface area contributed by atoms with Gasteiger partial charge < -0.3 is 20.6 Å². The zero-order valence-corrected chi connectivity index (χ0v) is 11.3. The Labute approximate surface area is 124 Å². The highest BCUT2D eigenvalue weighted by Crippen LogP contribution is 2.24. The first-order chi connectivity index (χ1) is 10.4. The lowest BCUT2D eigenvalue weighted by Gasteiger charge is -2.14. The number of phenolic OH excluding ortho intramolecular Hbond substituents is 1. The van der Waals surface area contributed by atoms with E-state index in [9.17, 15) is 19.5 Å². The molecule has 0 aliphatic heterocycles. The minimum atomic E-state index is -1.55. The third-order valence-electron chi connectivity index (χ3n) is 3.07. The fourth-order valence-corrected chi connectivity index (χ4v) is 2.09. The van der Waals surface area contributed by atoms with Gasteiger partial charge in [-0.2, -0.15) is 0 Å². The van der Waals surface area contributed by atoms with Crippen molar-refractivity contribution in [1.29, 1.82) is 0 Å². The van der Waals surface area contributed by atoms with Gasteiger partial charge in [0.15, 0.2) is 0 Å². The maximum atomic E-state index is 12.2. The van der Waals surface area contributed by atoms with Crippen LogP contribution in [0.1, 0.15) is 16.8 Å². The van der Waals surface area contributed by atoms with Crippen LogP contribution in [0, 0.1) is 0 Å². The highest BCUT2D eigenvalue weighted by Gasteiger charge is 2.24. The minimum Gasteiger partial charge on any atom is -0.508 e. The molecule has 1 atom stereocenters.